The molecule has 6 heteroatoms. The Morgan fingerprint density at radius 2 is 2.10 bits per heavy atom. The molecule has 0 unspecified atom stereocenters. The Bertz CT molecular complexity index is 466. The van der Waals surface area contributed by atoms with E-state index in [1.165, 1.54) is 6.07 Å². The Kier molecular flexibility index (Phi) is 6.35. The van der Waals surface area contributed by atoms with Crippen LogP contribution in [0.2, 0.25) is 0 Å². The Morgan fingerprint density at radius 3 is 2.81 bits per heavy atom. The van der Waals surface area contributed by atoms with Crippen molar-refractivity contribution in [3.8, 4) is 0 Å². The zero-order valence-corrected chi connectivity index (χ0v) is 13.2. The minimum Gasteiger partial charge on any atom is -0.379 e. The molecule has 0 aromatic heterocycles. The largest absolute Gasteiger partial charge is 0.379 e. The lowest BCUT2D eigenvalue weighted by molar-refractivity contribution is 0.0389. The number of rotatable bonds is 5. The molecule has 0 saturated carbocycles. The van der Waals surface area contributed by atoms with E-state index < -0.39 is 0 Å². The predicted molar refractivity (Wildman–Crippen MR) is 85.7 cm³/mol. The van der Waals surface area contributed by atoms with Gasteiger partial charge < -0.3 is 15.0 Å². The second kappa shape index (κ2) is 8.26. The highest BCUT2D eigenvalue weighted by atomic mass is 32.1. The Hall–Kier alpha value is -1.24. The molecule has 4 nitrogen and oxygen atoms in total. The monoisotopic (exact) mass is 311 g/mol. The molecule has 1 aromatic rings. The number of ether oxygens (including phenoxy) is 1. The fraction of sp³-hybridized carbons (Fsp3) is 0.533. The number of thiocarbonyl (C=S) groups is 1. The predicted octanol–water partition coefficient (Wildman–Crippen LogP) is 1.46. The van der Waals surface area contributed by atoms with E-state index in [0.29, 0.717) is 17.2 Å². The van der Waals surface area contributed by atoms with Gasteiger partial charge in [-0.1, -0.05) is 18.2 Å². The van der Waals surface area contributed by atoms with Crippen molar-refractivity contribution >= 4 is 17.3 Å². The zero-order chi connectivity index (χ0) is 15.1. The first kappa shape index (κ1) is 16.1. The second-order valence-electron chi connectivity index (χ2n) is 5.13. The molecule has 116 valence electrons. The summed E-state index contributed by atoms with van der Waals surface area (Å²) in [5, 5.41) is 3.87. The van der Waals surface area contributed by atoms with Gasteiger partial charge in [0, 0.05) is 45.3 Å². The molecule has 1 N–H and O–H groups in total. The molecule has 2 rings (SSSR count). The number of benzene rings is 1. The molecule has 1 aliphatic rings. The standard InChI is InChI=1S/C15H22FN3OS/c1-18(12-13-4-2-3-5-14(13)16)15(21)17-6-7-19-8-10-20-11-9-19/h2-5H,6-12H2,1H3,(H,17,21). The topological polar surface area (TPSA) is 27.7 Å². The van der Waals surface area contributed by atoms with Gasteiger partial charge in [0.2, 0.25) is 0 Å². The molecule has 21 heavy (non-hydrogen) atoms. The van der Waals surface area contributed by atoms with E-state index in [-0.39, 0.29) is 5.82 Å². The van der Waals surface area contributed by atoms with Crippen LogP contribution in [-0.4, -0.2) is 61.4 Å². The lowest BCUT2D eigenvalue weighted by Gasteiger charge is -2.27. The Balaban J connectivity index is 1.71. The quantitative estimate of drug-likeness (QED) is 0.831. The number of halogens is 1. The molecule has 1 fully saturated rings. The summed E-state index contributed by atoms with van der Waals surface area (Å²) in [5.74, 6) is -0.194. The van der Waals surface area contributed by atoms with E-state index >= 15 is 0 Å². The molecular formula is C15H22FN3OS. The summed E-state index contributed by atoms with van der Waals surface area (Å²) in [6, 6.07) is 6.78. The van der Waals surface area contributed by atoms with Crippen molar-refractivity contribution in [2.45, 2.75) is 6.54 Å². The van der Waals surface area contributed by atoms with Crippen LogP contribution < -0.4 is 5.32 Å². The maximum atomic E-state index is 13.6. The maximum absolute atomic E-state index is 13.6. The minimum absolute atomic E-state index is 0.194. The number of nitrogens with zero attached hydrogens (tertiary/aromatic N) is 2. The first-order chi connectivity index (χ1) is 10.2. The first-order valence-electron chi connectivity index (χ1n) is 7.19. The third kappa shape index (κ3) is 5.22. The summed E-state index contributed by atoms with van der Waals surface area (Å²) in [4.78, 5) is 4.20. The third-order valence-corrected chi connectivity index (χ3v) is 3.98. The lowest BCUT2D eigenvalue weighted by atomic mass is 10.2. The van der Waals surface area contributed by atoms with Gasteiger partial charge in [0.1, 0.15) is 5.82 Å². The molecular weight excluding hydrogens is 289 g/mol. The fourth-order valence-corrected chi connectivity index (χ4v) is 2.40. The molecule has 0 amide bonds. The van der Waals surface area contributed by atoms with Crippen molar-refractivity contribution in [1.29, 1.82) is 0 Å². The normalized spacial score (nSPS) is 15.7. The van der Waals surface area contributed by atoms with Crippen LogP contribution in [0.1, 0.15) is 5.56 Å². The van der Waals surface area contributed by atoms with Crippen LogP contribution in [0, 0.1) is 5.82 Å². The van der Waals surface area contributed by atoms with Gasteiger partial charge in [-0.25, -0.2) is 4.39 Å². The van der Waals surface area contributed by atoms with Gasteiger partial charge in [-0.05, 0) is 18.3 Å². The molecule has 1 aromatic carbocycles. The van der Waals surface area contributed by atoms with Gasteiger partial charge in [-0.15, -0.1) is 0 Å². The highest BCUT2D eigenvalue weighted by molar-refractivity contribution is 7.80. The molecule has 1 heterocycles. The molecule has 0 spiro atoms. The van der Waals surface area contributed by atoms with Crippen LogP contribution in [0.25, 0.3) is 0 Å². The van der Waals surface area contributed by atoms with Crippen LogP contribution in [0.15, 0.2) is 24.3 Å². The van der Waals surface area contributed by atoms with Crippen molar-refractivity contribution in [2.24, 2.45) is 0 Å². The van der Waals surface area contributed by atoms with Crippen molar-refractivity contribution in [1.82, 2.24) is 15.1 Å². The second-order valence-corrected chi connectivity index (χ2v) is 5.52. The van der Waals surface area contributed by atoms with Crippen LogP contribution in [-0.2, 0) is 11.3 Å². The minimum atomic E-state index is -0.194. The van der Waals surface area contributed by atoms with Gasteiger partial charge in [-0.2, -0.15) is 0 Å². The summed E-state index contributed by atoms with van der Waals surface area (Å²) in [5.41, 5.74) is 0.650. The number of nitrogens with one attached hydrogen (secondary N) is 1. The number of morpholine rings is 1. The van der Waals surface area contributed by atoms with Gasteiger partial charge >= 0.3 is 0 Å². The van der Waals surface area contributed by atoms with Crippen LogP contribution in [0.4, 0.5) is 4.39 Å². The maximum Gasteiger partial charge on any atom is 0.169 e. The summed E-state index contributed by atoms with van der Waals surface area (Å²) in [7, 11) is 1.87. The number of hydrogen-bond acceptors (Lipinski definition) is 3. The Labute approximate surface area is 130 Å². The van der Waals surface area contributed by atoms with E-state index in [2.05, 4.69) is 10.2 Å². The third-order valence-electron chi connectivity index (χ3n) is 3.52. The summed E-state index contributed by atoms with van der Waals surface area (Å²) in [6.45, 7) is 5.75. The van der Waals surface area contributed by atoms with Crippen molar-refractivity contribution < 1.29 is 9.13 Å². The molecule has 0 radical (unpaired) electrons. The highest BCUT2D eigenvalue weighted by Crippen LogP contribution is 2.08. The fourth-order valence-electron chi connectivity index (χ4n) is 2.23. The smallest absolute Gasteiger partial charge is 0.169 e. The molecule has 1 saturated heterocycles. The van der Waals surface area contributed by atoms with E-state index in [1.807, 2.05) is 18.0 Å². The van der Waals surface area contributed by atoms with Crippen molar-refractivity contribution in [3.05, 3.63) is 35.6 Å². The van der Waals surface area contributed by atoms with Crippen molar-refractivity contribution in [2.75, 3.05) is 46.4 Å². The van der Waals surface area contributed by atoms with Crippen molar-refractivity contribution in [3.63, 3.8) is 0 Å². The lowest BCUT2D eigenvalue weighted by Crippen LogP contribution is -2.44. The van der Waals surface area contributed by atoms with Gasteiger partial charge in [0.25, 0.3) is 0 Å². The average molecular weight is 311 g/mol. The van der Waals surface area contributed by atoms with E-state index in [4.69, 9.17) is 17.0 Å². The average Bonchev–Trinajstić information content (AvgIpc) is 2.50. The van der Waals surface area contributed by atoms with E-state index in [0.717, 1.165) is 39.4 Å². The summed E-state index contributed by atoms with van der Waals surface area (Å²) in [6.07, 6.45) is 0. The number of hydrogen-bond donors (Lipinski definition) is 1. The molecule has 0 aliphatic carbocycles. The van der Waals surface area contributed by atoms with Gasteiger partial charge in [-0.3, -0.25) is 4.90 Å². The summed E-state index contributed by atoms with van der Waals surface area (Å²) >= 11 is 5.34. The molecule has 0 atom stereocenters. The molecule has 0 bridgehead atoms. The highest BCUT2D eigenvalue weighted by Gasteiger charge is 2.11. The van der Waals surface area contributed by atoms with Gasteiger partial charge in [0.05, 0.1) is 13.2 Å². The van der Waals surface area contributed by atoms with E-state index in [1.54, 1.807) is 12.1 Å². The zero-order valence-electron chi connectivity index (χ0n) is 12.3. The van der Waals surface area contributed by atoms with Crippen LogP contribution in [0.5, 0.6) is 0 Å². The van der Waals surface area contributed by atoms with E-state index in [9.17, 15) is 4.39 Å². The van der Waals surface area contributed by atoms with Crippen LogP contribution in [0.3, 0.4) is 0 Å². The molecule has 1 aliphatic heterocycles. The first-order valence-corrected chi connectivity index (χ1v) is 7.60. The van der Waals surface area contributed by atoms with Gasteiger partial charge in [0.15, 0.2) is 5.11 Å². The Morgan fingerprint density at radius 1 is 1.38 bits per heavy atom. The van der Waals surface area contributed by atoms with Crippen LogP contribution >= 0.6 is 12.2 Å². The SMILES string of the molecule is CN(Cc1ccccc1F)C(=S)NCCN1CCOCC1. The summed E-state index contributed by atoms with van der Waals surface area (Å²) < 4.78 is 18.9.